The number of aromatic nitrogens is 2. The fourth-order valence-corrected chi connectivity index (χ4v) is 2.18. The van der Waals surface area contributed by atoms with E-state index in [9.17, 15) is 9.18 Å². The summed E-state index contributed by atoms with van der Waals surface area (Å²) in [6, 6.07) is 9.88. The predicted octanol–water partition coefficient (Wildman–Crippen LogP) is 2.78. The summed E-state index contributed by atoms with van der Waals surface area (Å²) in [5.41, 5.74) is 0.995. The quantitative estimate of drug-likeness (QED) is 0.761. The SMILES string of the molecule is O=C(NCCc1ccco1)c1cn[nH]c1-c1ccccc1F. The van der Waals surface area contributed by atoms with Crippen molar-refractivity contribution in [1.82, 2.24) is 15.5 Å². The lowest BCUT2D eigenvalue weighted by molar-refractivity contribution is 0.0954. The summed E-state index contributed by atoms with van der Waals surface area (Å²) >= 11 is 0. The number of hydrogen-bond donors (Lipinski definition) is 2. The third kappa shape index (κ3) is 2.90. The minimum absolute atomic E-state index is 0.307. The summed E-state index contributed by atoms with van der Waals surface area (Å²) in [5.74, 6) is 0.0803. The number of rotatable bonds is 5. The first kappa shape index (κ1) is 14.1. The minimum atomic E-state index is -0.406. The Labute approximate surface area is 126 Å². The average Bonchev–Trinajstić information content (AvgIpc) is 3.18. The standard InChI is InChI=1S/C16H14FN3O2/c17-14-6-2-1-5-12(14)15-13(10-19-20-15)16(21)18-8-7-11-4-3-9-22-11/h1-6,9-10H,7-8H2,(H,18,21)(H,19,20). The number of carbonyl (C=O) groups is 1. The maximum Gasteiger partial charge on any atom is 0.255 e. The molecule has 1 aromatic carbocycles. The molecule has 3 aromatic rings. The molecule has 0 radical (unpaired) electrons. The number of nitrogens with one attached hydrogen (secondary N) is 2. The third-order valence-electron chi connectivity index (χ3n) is 3.26. The molecule has 2 aromatic heterocycles. The highest BCUT2D eigenvalue weighted by Gasteiger charge is 2.17. The van der Waals surface area contributed by atoms with Crippen LogP contribution in [0.25, 0.3) is 11.3 Å². The normalized spacial score (nSPS) is 10.6. The van der Waals surface area contributed by atoms with Crippen LogP contribution in [0.5, 0.6) is 0 Å². The second-order valence-corrected chi connectivity index (χ2v) is 4.72. The molecule has 22 heavy (non-hydrogen) atoms. The van der Waals surface area contributed by atoms with Crippen molar-refractivity contribution >= 4 is 5.91 Å². The second kappa shape index (κ2) is 6.26. The molecular formula is C16H14FN3O2. The zero-order valence-corrected chi connectivity index (χ0v) is 11.7. The Bertz CT molecular complexity index is 765. The Morgan fingerprint density at radius 1 is 1.27 bits per heavy atom. The summed E-state index contributed by atoms with van der Waals surface area (Å²) in [5, 5.41) is 9.30. The van der Waals surface area contributed by atoms with E-state index in [1.807, 2.05) is 6.07 Å². The topological polar surface area (TPSA) is 70.9 Å². The van der Waals surface area contributed by atoms with Crippen molar-refractivity contribution in [3.05, 3.63) is 66.0 Å². The maximum absolute atomic E-state index is 13.8. The van der Waals surface area contributed by atoms with Crippen molar-refractivity contribution < 1.29 is 13.6 Å². The van der Waals surface area contributed by atoms with Crippen LogP contribution in [0, 0.1) is 5.82 Å². The predicted molar refractivity (Wildman–Crippen MR) is 78.7 cm³/mol. The van der Waals surface area contributed by atoms with E-state index in [4.69, 9.17) is 4.42 Å². The molecule has 3 rings (SSSR count). The van der Waals surface area contributed by atoms with Crippen LogP contribution in [-0.2, 0) is 6.42 Å². The zero-order chi connectivity index (χ0) is 15.4. The number of benzene rings is 1. The van der Waals surface area contributed by atoms with Gasteiger partial charge in [0.2, 0.25) is 0 Å². The van der Waals surface area contributed by atoms with Gasteiger partial charge in [-0.1, -0.05) is 12.1 Å². The summed E-state index contributed by atoms with van der Waals surface area (Å²) in [4.78, 5) is 12.2. The van der Waals surface area contributed by atoms with Crippen LogP contribution in [0.15, 0.2) is 53.3 Å². The van der Waals surface area contributed by atoms with Crippen LogP contribution in [0.3, 0.4) is 0 Å². The van der Waals surface area contributed by atoms with E-state index in [2.05, 4.69) is 15.5 Å². The van der Waals surface area contributed by atoms with Crippen LogP contribution in [0.2, 0.25) is 0 Å². The lowest BCUT2D eigenvalue weighted by Crippen LogP contribution is -2.25. The van der Waals surface area contributed by atoms with Crippen LogP contribution >= 0.6 is 0 Å². The van der Waals surface area contributed by atoms with Gasteiger partial charge < -0.3 is 9.73 Å². The Morgan fingerprint density at radius 3 is 2.91 bits per heavy atom. The van der Waals surface area contributed by atoms with Crippen LogP contribution in [-0.4, -0.2) is 22.6 Å². The van der Waals surface area contributed by atoms with Gasteiger partial charge in [0.25, 0.3) is 5.91 Å². The van der Waals surface area contributed by atoms with E-state index >= 15 is 0 Å². The van der Waals surface area contributed by atoms with E-state index in [-0.39, 0.29) is 5.91 Å². The molecule has 0 atom stereocenters. The van der Waals surface area contributed by atoms with Crippen molar-refractivity contribution in [2.75, 3.05) is 6.54 Å². The van der Waals surface area contributed by atoms with Crippen molar-refractivity contribution in [2.24, 2.45) is 0 Å². The largest absolute Gasteiger partial charge is 0.469 e. The molecule has 2 heterocycles. The highest BCUT2D eigenvalue weighted by Crippen LogP contribution is 2.23. The molecule has 2 N–H and O–H groups in total. The molecular weight excluding hydrogens is 285 g/mol. The van der Waals surface area contributed by atoms with Crippen molar-refractivity contribution in [2.45, 2.75) is 6.42 Å². The Hall–Kier alpha value is -2.89. The van der Waals surface area contributed by atoms with Crippen LogP contribution < -0.4 is 5.32 Å². The Morgan fingerprint density at radius 2 is 2.14 bits per heavy atom. The number of aromatic amines is 1. The van der Waals surface area contributed by atoms with Gasteiger partial charge in [-0.3, -0.25) is 9.89 Å². The van der Waals surface area contributed by atoms with Gasteiger partial charge >= 0.3 is 0 Å². The van der Waals surface area contributed by atoms with Crippen LogP contribution in [0.4, 0.5) is 4.39 Å². The lowest BCUT2D eigenvalue weighted by Gasteiger charge is -2.06. The first-order valence-electron chi connectivity index (χ1n) is 6.84. The van der Waals surface area contributed by atoms with Gasteiger partial charge in [-0.15, -0.1) is 0 Å². The molecule has 0 aliphatic heterocycles. The fourth-order valence-electron chi connectivity index (χ4n) is 2.18. The molecule has 1 amide bonds. The molecule has 0 spiro atoms. The number of carbonyl (C=O) groups excluding carboxylic acids is 1. The number of halogens is 1. The van der Waals surface area contributed by atoms with E-state index < -0.39 is 5.82 Å². The molecule has 0 bridgehead atoms. The van der Waals surface area contributed by atoms with Crippen molar-refractivity contribution in [1.29, 1.82) is 0 Å². The molecule has 0 aliphatic carbocycles. The molecule has 5 nitrogen and oxygen atoms in total. The summed E-state index contributed by atoms with van der Waals surface area (Å²) < 4.78 is 19.0. The van der Waals surface area contributed by atoms with Gasteiger partial charge in [-0.05, 0) is 24.3 Å². The molecule has 0 saturated heterocycles. The molecule has 0 fully saturated rings. The van der Waals surface area contributed by atoms with E-state index in [0.717, 1.165) is 5.76 Å². The first-order chi connectivity index (χ1) is 10.8. The summed E-state index contributed by atoms with van der Waals surface area (Å²) in [7, 11) is 0. The summed E-state index contributed by atoms with van der Waals surface area (Å²) in [6.45, 7) is 0.425. The van der Waals surface area contributed by atoms with Gasteiger partial charge in [0.05, 0.1) is 23.7 Å². The smallest absolute Gasteiger partial charge is 0.255 e. The van der Waals surface area contributed by atoms with E-state index in [0.29, 0.717) is 29.8 Å². The van der Waals surface area contributed by atoms with Crippen molar-refractivity contribution in [3.8, 4) is 11.3 Å². The molecule has 6 heteroatoms. The lowest BCUT2D eigenvalue weighted by atomic mass is 10.1. The molecule has 0 unspecified atom stereocenters. The highest BCUT2D eigenvalue weighted by molar-refractivity contribution is 5.99. The fraction of sp³-hybridized carbons (Fsp3) is 0.125. The second-order valence-electron chi connectivity index (χ2n) is 4.72. The molecule has 112 valence electrons. The number of nitrogens with zero attached hydrogens (tertiary/aromatic N) is 1. The number of hydrogen-bond acceptors (Lipinski definition) is 3. The summed E-state index contributed by atoms with van der Waals surface area (Å²) in [6.07, 6.45) is 3.57. The monoisotopic (exact) mass is 299 g/mol. The van der Waals surface area contributed by atoms with Crippen molar-refractivity contribution in [3.63, 3.8) is 0 Å². The average molecular weight is 299 g/mol. The highest BCUT2D eigenvalue weighted by atomic mass is 19.1. The molecule has 0 saturated carbocycles. The number of amides is 1. The zero-order valence-electron chi connectivity index (χ0n) is 11.7. The number of H-pyrrole nitrogens is 1. The van der Waals surface area contributed by atoms with Gasteiger partial charge in [-0.25, -0.2) is 4.39 Å². The van der Waals surface area contributed by atoms with Crippen LogP contribution in [0.1, 0.15) is 16.1 Å². The van der Waals surface area contributed by atoms with Gasteiger partial charge in [0.15, 0.2) is 0 Å². The van der Waals surface area contributed by atoms with Gasteiger partial charge in [-0.2, -0.15) is 5.10 Å². The Balaban J connectivity index is 1.71. The third-order valence-corrected chi connectivity index (χ3v) is 3.26. The van der Waals surface area contributed by atoms with Gasteiger partial charge in [0.1, 0.15) is 11.6 Å². The molecule has 0 aliphatic rings. The first-order valence-corrected chi connectivity index (χ1v) is 6.84. The maximum atomic E-state index is 13.8. The van der Waals surface area contributed by atoms with E-state index in [1.165, 1.54) is 12.3 Å². The van der Waals surface area contributed by atoms with E-state index in [1.54, 1.807) is 30.5 Å². The minimum Gasteiger partial charge on any atom is -0.469 e. The Kier molecular flexibility index (Phi) is 4.00. The van der Waals surface area contributed by atoms with Gasteiger partial charge in [0, 0.05) is 18.5 Å². The number of furan rings is 1.